The molecular formula is C20H30N4O5. The van der Waals surface area contributed by atoms with Crippen LogP contribution in [0.1, 0.15) is 31.7 Å². The Morgan fingerprint density at radius 1 is 1.34 bits per heavy atom. The lowest BCUT2D eigenvalue weighted by Gasteiger charge is -2.23. The number of carbonyl (C=O) groups excluding carboxylic acids is 2. The Morgan fingerprint density at radius 3 is 2.93 bits per heavy atom. The number of ether oxygens (including phenoxy) is 1. The Labute approximate surface area is 170 Å². The van der Waals surface area contributed by atoms with E-state index in [2.05, 4.69) is 16.0 Å². The zero-order valence-electron chi connectivity index (χ0n) is 16.7. The molecule has 0 unspecified atom stereocenters. The van der Waals surface area contributed by atoms with E-state index in [0.29, 0.717) is 12.3 Å². The van der Waals surface area contributed by atoms with Crippen LogP contribution in [0, 0.1) is 0 Å². The average molecular weight is 406 g/mol. The molecule has 1 fully saturated rings. The fourth-order valence-corrected chi connectivity index (χ4v) is 3.73. The number of aliphatic hydroxyl groups excluding tert-OH is 2. The second-order valence-corrected chi connectivity index (χ2v) is 7.47. The fourth-order valence-electron chi connectivity index (χ4n) is 3.73. The van der Waals surface area contributed by atoms with Crippen molar-refractivity contribution in [3.63, 3.8) is 0 Å². The van der Waals surface area contributed by atoms with E-state index in [-0.39, 0.29) is 44.3 Å². The van der Waals surface area contributed by atoms with Crippen molar-refractivity contribution in [2.45, 2.75) is 50.9 Å². The summed E-state index contributed by atoms with van der Waals surface area (Å²) in [6.07, 6.45) is 1.86. The van der Waals surface area contributed by atoms with E-state index in [1.807, 2.05) is 25.1 Å². The summed E-state index contributed by atoms with van der Waals surface area (Å²) in [6.45, 7) is 2.95. The standard InChI is InChI=1S/C20H30N4O5/c1-2-15-17(26)12-29-18-8-13(5-6-16(18)23-15)9-21-20(28)22-10-19(27)24-7-3-4-14(24)11-25/h5-6,8,14-15,17,23,25-26H,2-4,7,9-12H2,1H3,(H2,21,22,28)/t14-,15+,17-/m1/s1. The number of urea groups is 1. The van der Waals surface area contributed by atoms with Gasteiger partial charge in [-0.2, -0.15) is 0 Å². The van der Waals surface area contributed by atoms with Crippen LogP contribution in [0.4, 0.5) is 10.5 Å². The molecule has 0 aromatic heterocycles. The SMILES string of the molecule is CC[C@@H]1Nc2ccc(CNC(=O)NCC(=O)N3CCC[C@@H]3CO)cc2OC[C@H]1O. The van der Waals surface area contributed by atoms with Crippen molar-refractivity contribution in [1.29, 1.82) is 0 Å². The molecule has 1 aromatic rings. The van der Waals surface area contributed by atoms with Crippen LogP contribution in [-0.2, 0) is 11.3 Å². The molecule has 5 N–H and O–H groups in total. The maximum atomic E-state index is 12.2. The molecule has 2 aliphatic heterocycles. The molecule has 9 nitrogen and oxygen atoms in total. The Hall–Kier alpha value is -2.52. The first kappa shape index (κ1) is 21.2. The minimum absolute atomic E-state index is 0.0524. The number of carbonyl (C=O) groups is 2. The van der Waals surface area contributed by atoms with Crippen LogP contribution < -0.4 is 20.7 Å². The topological polar surface area (TPSA) is 123 Å². The molecule has 3 atom stereocenters. The van der Waals surface area contributed by atoms with E-state index in [1.165, 1.54) is 0 Å². The van der Waals surface area contributed by atoms with Gasteiger partial charge in [-0.15, -0.1) is 0 Å². The van der Waals surface area contributed by atoms with Gasteiger partial charge in [0.2, 0.25) is 5.91 Å². The van der Waals surface area contributed by atoms with Crippen molar-refractivity contribution in [3.05, 3.63) is 23.8 Å². The predicted octanol–water partition coefficient (Wildman–Crippen LogP) is 0.413. The number of nitrogens with zero attached hydrogens (tertiary/aromatic N) is 1. The highest BCUT2D eigenvalue weighted by atomic mass is 16.5. The number of fused-ring (bicyclic) bond motifs is 1. The minimum Gasteiger partial charge on any atom is -0.489 e. The van der Waals surface area contributed by atoms with Crippen LogP contribution >= 0.6 is 0 Å². The van der Waals surface area contributed by atoms with E-state index >= 15 is 0 Å². The number of rotatable bonds is 6. The Balaban J connectivity index is 1.48. The summed E-state index contributed by atoms with van der Waals surface area (Å²) in [5.41, 5.74) is 1.66. The molecule has 29 heavy (non-hydrogen) atoms. The Bertz CT molecular complexity index is 729. The number of amides is 3. The maximum Gasteiger partial charge on any atom is 0.315 e. The third kappa shape index (κ3) is 5.30. The van der Waals surface area contributed by atoms with E-state index in [9.17, 15) is 19.8 Å². The second kappa shape index (κ2) is 9.80. The first-order chi connectivity index (χ1) is 14.0. The van der Waals surface area contributed by atoms with Crippen molar-refractivity contribution in [2.75, 3.05) is 31.6 Å². The molecule has 2 aliphatic rings. The average Bonchev–Trinajstić information content (AvgIpc) is 3.16. The molecule has 0 saturated carbocycles. The molecule has 1 aromatic carbocycles. The van der Waals surface area contributed by atoms with Gasteiger partial charge in [0.15, 0.2) is 0 Å². The van der Waals surface area contributed by atoms with Gasteiger partial charge in [0.1, 0.15) is 18.5 Å². The zero-order valence-corrected chi connectivity index (χ0v) is 16.7. The van der Waals surface area contributed by atoms with E-state index < -0.39 is 12.1 Å². The molecule has 0 bridgehead atoms. The number of hydrogen-bond donors (Lipinski definition) is 5. The van der Waals surface area contributed by atoms with Crippen LogP contribution in [0.2, 0.25) is 0 Å². The van der Waals surface area contributed by atoms with Crippen molar-refractivity contribution in [1.82, 2.24) is 15.5 Å². The first-order valence-corrected chi connectivity index (χ1v) is 10.1. The van der Waals surface area contributed by atoms with Gasteiger partial charge in [-0.1, -0.05) is 13.0 Å². The maximum absolute atomic E-state index is 12.2. The summed E-state index contributed by atoms with van der Waals surface area (Å²) >= 11 is 0. The Morgan fingerprint density at radius 2 is 2.17 bits per heavy atom. The van der Waals surface area contributed by atoms with E-state index in [0.717, 1.165) is 30.5 Å². The molecule has 9 heteroatoms. The summed E-state index contributed by atoms with van der Waals surface area (Å²) < 4.78 is 5.69. The van der Waals surface area contributed by atoms with Crippen LogP contribution in [0.25, 0.3) is 0 Å². The lowest BCUT2D eigenvalue weighted by molar-refractivity contribution is -0.131. The number of aliphatic hydroxyl groups is 2. The summed E-state index contributed by atoms with van der Waals surface area (Å²) in [4.78, 5) is 25.8. The molecule has 0 radical (unpaired) electrons. The highest BCUT2D eigenvalue weighted by Gasteiger charge is 2.28. The molecule has 3 rings (SSSR count). The van der Waals surface area contributed by atoms with Crippen LogP contribution in [0.5, 0.6) is 5.75 Å². The van der Waals surface area contributed by atoms with Gasteiger partial charge in [0, 0.05) is 13.1 Å². The van der Waals surface area contributed by atoms with Gasteiger partial charge in [-0.05, 0) is 37.0 Å². The number of benzene rings is 1. The molecule has 0 spiro atoms. The van der Waals surface area contributed by atoms with Crippen molar-refractivity contribution < 1.29 is 24.5 Å². The highest BCUT2D eigenvalue weighted by Crippen LogP contribution is 2.30. The van der Waals surface area contributed by atoms with Gasteiger partial charge >= 0.3 is 6.03 Å². The number of hydrogen-bond acceptors (Lipinski definition) is 6. The molecule has 3 amide bonds. The largest absolute Gasteiger partial charge is 0.489 e. The molecule has 1 saturated heterocycles. The molecule has 160 valence electrons. The van der Waals surface area contributed by atoms with Crippen LogP contribution in [0.3, 0.4) is 0 Å². The summed E-state index contributed by atoms with van der Waals surface area (Å²) in [5.74, 6) is 0.448. The minimum atomic E-state index is -0.585. The van der Waals surface area contributed by atoms with Gasteiger partial charge in [0.25, 0.3) is 0 Å². The molecule has 0 aliphatic carbocycles. The van der Waals surface area contributed by atoms with E-state index in [4.69, 9.17) is 4.74 Å². The van der Waals surface area contributed by atoms with Crippen LogP contribution in [-0.4, -0.2) is 71.5 Å². The van der Waals surface area contributed by atoms with Gasteiger partial charge in [-0.3, -0.25) is 4.79 Å². The summed E-state index contributed by atoms with van der Waals surface area (Å²) in [5, 5.41) is 28.0. The second-order valence-electron chi connectivity index (χ2n) is 7.47. The third-order valence-electron chi connectivity index (χ3n) is 5.46. The summed E-state index contributed by atoms with van der Waals surface area (Å²) in [6, 6.07) is 4.93. The van der Waals surface area contributed by atoms with Gasteiger partial charge in [0.05, 0.1) is 30.9 Å². The normalized spacial score (nSPS) is 23.4. The number of anilines is 1. The quantitative estimate of drug-likeness (QED) is 0.466. The first-order valence-electron chi connectivity index (χ1n) is 10.1. The van der Waals surface area contributed by atoms with E-state index in [1.54, 1.807) is 4.90 Å². The predicted molar refractivity (Wildman–Crippen MR) is 108 cm³/mol. The van der Waals surface area contributed by atoms with Crippen molar-refractivity contribution >= 4 is 17.6 Å². The monoisotopic (exact) mass is 406 g/mol. The fraction of sp³-hybridized carbons (Fsp3) is 0.600. The lowest BCUT2D eigenvalue weighted by Crippen LogP contribution is -2.46. The highest BCUT2D eigenvalue weighted by molar-refractivity contribution is 5.84. The van der Waals surface area contributed by atoms with Crippen molar-refractivity contribution in [3.8, 4) is 5.75 Å². The number of likely N-dealkylation sites (tertiary alicyclic amines) is 1. The summed E-state index contributed by atoms with van der Waals surface area (Å²) in [7, 11) is 0. The number of nitrogens with one attached hydrogen (secondary N) is 3. The molecule has 2 heterocycles. The smallest absolute Gasteiger partial charge is 0.315 e. The van der Waals surface area contributed by atoms with Crippen LogP contribution in [0.15, 0.2) is 18.2 Å². The van der Waals surface area contributed by atoms with Gasteiger partial charge < -0.3 is 35.8 Å². The zero-order chi connectivity index (χ0) is 20.8. The molecular weight excluding hydrogens is 376 g/mol. The Kier molecular flexibility index (Phi) is 7.16. The van der Waals surface area contributed by atoms with Gasteiger partial charge in [-0.25, -0.2) is 4.79 Å². The van der Waals surface area contributed by atoms with Crippen molar-refractivity contribution in [2.24, 2.45) is 0 Å². The third-order valence-corrected chi connectivity index (χ3v) is 5.46. The lowest BCUT2D eigenvalue weighted by atomic mass is 10.1.